The van der Waals surface area contributed by atoms with E-state index in [1.807, 2.05) is 11.9 Å². The Kier molecular flexibility index (Phi) is 4.72. The molecule has 0 unspecified atom stereocenters. The van der Waals surface area contributed by atoms with Crippen LogP contribution in [0.15, 0.2) is 0 Å². The van der Waals surface area contributed by atoms with Crippen LogP contribution in [0.4, 0.5) is 0 Å². The topological polar surface area (TPSA) is 20.3 Å². The van der Waals surface area contributed by atoms with Crippen molar-refractivity contribution in [3.63, 3.8) is 0 Å². The minimum atomic E-state index is 0.329. The fourth-order valence-corrected chi connectivity index (χ4v) is 3.61. The quantitative estimate of drug-likeness (QED) is 0.691. The van der Waals surface area contributed by atoms with Crippen molar-refractivity contribution in [3.05, 3.63) is 0 Å². The van der Waals surface area contributed by atoms with Gasteiger partial charge in [-0.05, 0) is 31.1 Å². The molecule has 0 heterocycles. The van der Waals surface area contributed by atoms with Gasteiger partial charge in [0.25, 0.3) is 0 Å². The van der Waals surface area contributed by atoms with Gasteiger partial charge in [0.15, 0.2) is 0 Å². The van der Waals surface area contributed by atoms with Gasteiger partial charge in [-0.15, -0.1) is 11.6 Å². The molecule has 0 saturated heterocycles. The van der Waals surface area contributed by atoms with Gasteiger partial charge in [0.2, 0.25) is 5.91 Å². The van der Waals surface area contributed by atoms with Gasteiger partial charge in [0.1, 0.15) is 0 Å². The third kappa shape index (κ3) is 3.87. The maximum atomic E-state index is 11.9. The minimum absolute atomic E-state index is 0.329. The molecule has 98 valence electrons. The monoisotopic (exact) mass is 257 g/mol. The molecule has 0 aromatic rings. The molecular formula is C14H24ClNO. The van der Waals surface area contributed by atoms with Crippen LogP contribution < -0.4 is 0 Å². The second kappa shape index (κ2) is 6.08. The van der Waals surface area contributed by atoms with Crippen LogP contribution in [0.5, 0.6) is 0 Å². The zero-order valence-corrected chi connectivity index (χ0v) is 11.6. The first-order valence-corrected chi connectivity index (χ1v) is 7.47. The number of carbonyl (C=O) groups is 1. The number of rotatable bonds is 5. The second-order valence-corrected chi connectivity index (χ2v) is 6.52. The first-order chi connectivity index (χ1) is 8.15. The molecule has 0 atom stereocenters. The summed E-state index contributed by atoms with van der Waals surface area (Å²) in [4.78, 5) is 13.9. The van der Waals surface area contributed by atoms with Crippen molar-refractivity contribution >= 4 is 17.5 Å². The average Bonchev–Trinajstić information content (AvgIpc) is 2.76. The lowest BCUT2D eigenvalue weighted by Crippen LogP contribution is -2.37. The van der Waals surface area contributed by atoms with E-state index in [1.54, 1.807) is 0 Å². The van der Waals surface area contributed by atoms with Gasteiger partial charge in [0.05, 0.1) is 0 Å². The Morgan fingerprint density at radius 1 is 1.24 bits per heavy atom. The van der Waals surface area contributed by atoms with Crippen molar-refractivity contribution in [2.24, 2.45) is 11.8 Å². The number of nitrogens with zero attached hydrogens (tertiary/aromatic N) is 1. The molecule has 0 spiro atoms. The Bertz CT molecular complexity index is 257. The van der Waals surface area contributed by atoms with Gasteiger partial charge in [-0.25, -0.2) is 0 Å². The molecule has 2 aliphatic carbocycles. The van der Waals surface area contributed by atoms with Crippen LogP contribution in [0.2, 0.25) is 0 Å². The van der Waals surface area contributed by atoms with E-state index in [1.165, 1.54) is 25.7 Å². The Balaban J connectivity index is 1.61. The summed E-state index contributed by atoms with van der Waals surface area (Å²) < 4.78 is 0. The Labute approximate surface area is 110 Å². The summed E-state index contributed by atoms with van der Waals surface area (Å²) in [5.74, 6) is 1.80. The molecule has 1 amide bonds. The van der Waals surface area contributed by atoms with Crippen LogP contribution in [0.1, 0.15) is 51.4 Å². The van der Waals surface area contributed by atoms with Gasteiger partial charge >= 0.3 is 0 Å². The molecule has 0 radical (unpaired) electrons. The van der Waals surface area contributed by atoms with Gasteiger partial charge in [-0.3, -0.25) is 4.79 Å². The fraction of sp³-hybridized carbons (Fsp3) is 0.929. The number of amides is 1. The van der Waals surface area contributed by atoms with E-state index in [2.05, 4.69) is 0 Å². The summed E-state index contributed by atoms with van der Waals surface area (Å²) >= 11 is 5.95. The van der Waals surface area contributed by atoms with E-state index in [0.29, 0.717) is 17.2 Å². The number of hydrogen-bond acceptors (Lipinski definition) is 1. The third-order valence-corrected chi connectivity index (χ3v) is 4.73. The molecule has 17 heavy (non-hydrogen) atoms. The Morgan fingerprint density at radius 2 is 1.88 bits per heavy atom. The van der Waals surface area contributed by atoms with Crippen LogP contribution in [-0.4, -0.2) is 29.8 Å². The molecular weight excluding hydrogens is 234 g/mol. The summed E-state index contributed by atoms with van der Waals surface area (Å²) in [6.45, 7) is 0.909. The molecule has 2 nitrogen and oxygen atoms in total. The fourth-order valence-electron chi connectivity index (χ4n) is 3.11. The zero-order chi connectivity index (χ0) is 12.3. The molecule has 0 aromatic heterocycles. The summed E-state index contributed by atoms with van der Waals surface area (Å²) in [6.07, 6.45) is 9.44. The number of hydrogen-bond donors (Lipinski definition) is 0. The van der Waals surface area contributed by atoms with E-state index >= 15 is 0 Å². The molecule has 0 N–H and O–H groups in total. The van der Waals surface area contributed by atoms with Crippen LogP contribution in [0, 0.1) is 11.8 Å². The van der Waals surface area contributed by atoms with Gasteiger partial charge in [-0.2, -0.15) is 0 Å². The lowest BCUT2D eigenvalue weighted by Gasteiger charge is -2.34. The maximum absolute atomic E-state index is 11.9. The van der Waals surface area contributed by atoms with Crippen LogP contribution in [0.3, 0.4) is 0 Å². The van der Waals surface area contributed by atoms with E-state index in [4.69, 9.17) is 11.6 Å². The zero-order valence-electron chi connectivity index (χ0n) is 10.8. The van der Waals surface area contributed by atoms with Crippen molar-refractivity contribution in [1.29, 1.82) is 0 Å². The number of alkyl halides is 1. The average molecular weight is 258 g/mol. The molecule has 2 fully saturated rings. The van der Waals surface area contributed by atoms with E-state index in [0.717, 1.165) is 38.1 Å². The third-order valence-electron chi connectivity index (χ3n) is 4.38. The first kappa shape index (κ1) is 13.2. The standard InChI is InChI=1S/C14H24ClNO/c1-16(10-12-8-13(15)9-12)14(17)7-6-11-4-2-3-5-11/h11-13H,2-10H2,1H3. The van der Waals surface area contributed by atoms with E-state index in [-0.39, 0.29) is 0 Å². The smallest absolute Gasteiger partial charge is 0.222 e. The molecule has 2 aliphatic rings. The predicted octanol–water partition coefficient (Wildman–Crippen LogP) is 3.43. The minimum Gasteiger partial charge on any atom is -0.345 e. The largest absolute Gasteiger partial charge is 0.345 e. The summed E-state index contributed by atoms with van der Waals surface area (Å²) in [6, 6.07) is 0. The van der Waals surface area contributed by atoms with Crippen molar-refractivity contribution in [2.45, 2.75) is 56.7 Å². The van der Waals surface area contributed by atoms with Crippen LogP contribution >= 0.6 is 11.6 Å². The Morgan fingerprint density at radius 3 is 2.47 bits per heavy atom. The highest BCUT2D eigenvalue weighted by atomic mass is 35.5. The molecule has 0 aromatic carbocycles. The molecule has 0 aliphatic heterocycles. The van der Waals surface area contributed by atoms with Crippen LogP contribution in [0.25, 0.3) is 0 Å². The van der Waals surface area contributed by atoms with Crippen LogP contribution in [-0.2, 0) is 4.79 Å². The van der Waals surface area contributed by atoms with Crippen molar-refractivity contribution in [2.75, 3.05) is 13.6 Å². The molecule has 3 heteroatoms. The summed E-state index contributed by atoms with van der Waals surface area (Å²) in [7, 11) is 1.94. The van der Waals surface area contributed by atoms with E-state index < -0.39 is 0 Å². The number of halogens is 1. The van der Waals surface area contributed by atoms with Crippen molar-refractivity contribution < 1.29 is 4.79 Å². The highest BCUT2D eigenvalue weighted by Gasteiger charge is 2.29. The lowest BCUT2D eigenvalue weighted by molar-refractivity contribution is -0.131. The highest BCUT2D eigenvalue weighted by molar-refractivity contribution is 6.21. The maximum Gasteiger partial charge on any atom is 0.222 e. The lowest BCUT2D eigenvalue weighted by atomic mass is 9.84. The van der Waals surface area contributed by atoms with Gasteiger partial charge < -0.3 is 4.90 Å². The van der Waals surface area contributed by atoms with Crippen molar-refractivity contribution in [3.8, 4) is 0 Å². The van der Waals surface area contributed by atoms with Crippen molar-refractivity contribution in [1.82, 2.24) is 4.90 Å². The molecule has 2 rings (SSSR count). The van der Waals surface area contributed by atoms with E-state index in [9.17, 15) is 4.79 Å². The normalized spacial score (nSPS) is 29.1. The number of carbonyl (C=O) groups excluding carboxylic acids is 1. The molecule has 2 saturated carbocycles. The van der Waals surface area contributed by atoms with Gasteiger partial charge in [0, 0.05) is 25.4 Å². The first-order valence-electron chi connectivity index (χ1n) is 7.03. The summed E-state index contributed by atoms with van der Waals surface area (Å²) in [5, 5.41) is 0.363. The second-order valence-electron chi connectivity index (χ2n) is 5.90. The van der Waals surface area contributed by atoms with Gasteiger partial charge in [-0.1, -0.05) is 25.7 Å². The Hall–Kier alpha value is -0.240. The summed E-state index contributed by atoms with van der Waals surface area (Å²) in [5.41, 5.74) is 0. The predicted molar refractivity (Wildman–Crippen MR) is 71.2 cm³/mol. The highest BCUT2D eigenvalue weighted by Crippen LogP contribution is 2.32. The SMILES string of the molecule is CN(CC1CC(Cl)C1)C(=O)CCC1CCCC1. The molecule has 0 bridgehead atoms.